The Morgan fingerprint density at radius 2 is 1.80 bits per heavy atom. The first-order valence-corrected chi connectivity index (χ1v) is 10.7. The summed E-state index contributed by atoms with van der Waals surface area (Å²) < 4.78 is 0. The van der Waals surface area contributed by atoms with E-state index in [0.717, 1.165) is 24.7 Å². The van der Waals surface area contributed by atoms with Crippen molar-refractivity contribution in [1.82, 2.24) is 0 Å². The Hall–Kier alpha value is -0.520. The lowest BCUT2D eigenvalue weighted by Crippen LogP contribution is -2.64. The Morgan fingerprint density at radius 1 is 1.04 bits per heavy atom. The van der Waals surface area contributed by atoms with Crippen molar-refractivity contribution >= 4 is 0 Å². The third-order valence-electron chi connectivity index (χ3n) is 9.79. The van der Waals surface area contributed by atoms with Crippen molar-refractivity contribution in [2.45, 2.75) is 84.3 Å². The lowest BCUT2D eigenvalue weighted by Gasteiger charge is -2.64. The number of fused-ring (bicyclic) bond motifs is 5. The SMILES string of the molecule is C#C[C@@H]1C[C@H]2CC[C@H]3[C@@H]4CC[C@H](CC)[C@@]4(C)CC[C@@H]3[C@@]2(C)C(O)(O)C1. The summed E-state index contributed by atoms with van der Waals surface area (Å²) in [5.74, 6) is 4.39. The van der Waals surface area contributed by atoms with Crippen molar-refractivity contribution in [2.75, 3.05) is 0 Å². The molecule has 0 aliphatic heterocycles. The van der Waals surface area contributed by atoms with Gasteiger partial charge in [0.25, 0.3) is 0 Å². The quantitative estimate of drug-likeness (QED) is 0.539. The Bertz CT molecular complexity index is 575. The van der Waals surface area contributed by atoms with Gasteiger partial charge >= 0.3 is 0 Å². The highest BCUT2D eigenvalue weighted by Crippen LogP contribution is 2.69. The fourth-order valence-electron chi connectivity index (χ4n) is 8.31. The molecule has 4 aliphatic carbocycles. The zero-order valence-corrected chi connectivity index (χ0v) is 16.3. The molecule has 2 N–H and O–H groups in total. The Labute approximate surface area is 153 Å². The molecule has 8 atom stereocenters. The van der Waals surface area contributed by atoms with E-state index in [0.29, 0.717) is 29.6 Å². The molecule has 4 rings (SSSR count). The molecule has 0 heterocycles. The zero-order chi connectivity index (χ0) is 18.0. The maximum Gasteiger partial charge on any atom is 0.169 e. The molecule has 0 aromatic heterocycles. The minimum atomic E-state index is -1.60. The van der Waals surface area contributed by atoms with Crippen molar-refractivity contribution in [2.24, 2.45) is 46.3 Å². The first-order valence-electron chi connectivity index (χ1n) is 10.7. The van der Waals surface area contributed by atoms with E-state index in [1.54, 1.807) is 0 Å². The van der Waals surface area contributed by atoms with E-state index in [1.165, 1.54) is 38.5 Å². The van der Waals surface area contributed by atoms with Crippen LogP contribution >= 0.6 is 0 Å². The van der Waals surface area contributed by atoms with Crippen LogP contribution in [0.3, 0.4) is 0 Å². The van der Waals surface area contributed by atoms with Gasteiger partial charge in [0.05, 0.1) is 0 Å². The summed E-state index contributed by atoms with van der Waals surface area (Å²) in [6.07, 6.45) is 15.9. The van der Waals surface area contributed by atoms with Crippen LogP contribution in [0.2, 0.25) is 0 Å². The molecule has 0 spiro atoms. The smallest absolute Gasteiger partial charge is 0.169 e. The molecular weight excluding hydrogens is 308 g/mol. The highest BCUT2D eigenvalue weighted by Gasteiger charge is 2.66. The summed E-state index contributed by atoms with van der Waals surface area (Å²) in [5, 5.41) is 22.3. The molecule has 2 heteroatoms. The minimum Gasteiger partial charge on any atom is -0.365 e. The summed E-state index contributed by atoms with van der Waals surface area (Å²) in [6.45, 7) is 7.09. The second-order valence-corrected chi connectivity index (χ2v) is 10.3. The van der Waals surface area contributed by atoms with Gasteiger partial charge in [-0.15, -0.1) is 12.3 Å². The van der Waals surface area contributed by atoms with Gasteiger partial charge in [-0.3, -0.25) is 0 Å². The lowest BCUT2D eigenvalue weighted by molar-refractivity contribution is -0.318. The van der Waals surface area contributed by atoms with E-state index in [2.05, 4.69) is 26.7 Å². The molecule has 4 fully saturated rings. The third-order valence-corrected chi connectivity index (χ3v) is 9.79. The van der Waals surface area contributed by atoms with Crippen LogP contribution in [0.4, 0.5) is 0 Å². The van der Waals surface area contributed by atoms with E-state index in [1.807, 2.05) is 0 Å². The predicted molar refractivity (Wildman–Crippen MR) is 100 cm³/mol. The second kappa shape index (κ2) is 5.74. The van der Waals surface area contributed by atoms with Crippen LogP contribution < -0.4 is 0 Å². The van der Waals surface area contributed by atoms with Gasteiger partial charge in [0.2, 0.25) is 0 Å². The summed E-state index contributed by atoms with van der Waals surface area (Å²) in [7, 11) is 0. The highest BCUT2D eigenvalue weighted by molar-refractivity contribution is 5.14. The van der Waals surface area contributed by atoms with Crippen molar-refractivity contribution in [3.05, 3.63) is 0 Å². The maximum absolute atomic E-state index is 11.1. The average Bonchev–Trinajstić information content (AvgIpc) is 2.91. The molecule has 4 saturated carbocycles. The van der Waals surface area contributed by atoms with Gasteiger partial charge in [-0.25, -0.2) is 0 Å². The van der Waals surface area contributed by atoms with Crippen LogP contribution in [-0.4, -0.2) is 16.0 Å². The summed E-state index contributed by atoms with van der Waals surface area (Å²) in [6, 6.07) is 0. The normalized spacial score (nSPS) is 54.1. The summed E-state index contributed by atoms with van der Waals surface area (Å²) in [4.78, 5) is 0. The molecule has 4 aliphatic rings. The summed E-state index contributed by atoms with van der Waals surface area (Å²) >= 11 is 0. The van der Waals surface area contributed by atoms with Crippen molar-refractivity contribution in [3.63, 3.8) is 0 Å². The van der Waals surface area contributed by atoms with Crippen LogP contribution in [0.5, 0.6) is 0 Å². The Balaban J connectivity index is 1.67. The van der Waals surface area contributed by atoms with E-state index >= 15 is 0 Å². The van der Waals surface area contributed by atoms with Gasteiger partial charge in [-0.05, 0) is 80.0 Å². The van der Waals surface area contributed by atoms with E-state index in [9.17, 15) is 10.2 Å². The number of terminal acetylenes is 1. The molecule has 0 unspecified atom stereocenters. The molecule has 0 aromatic rings. The third kappa shape index (κ3) is 2.24. The first-order chi connectivity index (χ1) is 11.8. The second-order valence-electron chi connectivity index (χ2n) is 10.3. The Morgan fingerprint density at radius 3 is 2.48 bits per heavy atom. The number of hydrogen-bond donors (Lipinski definition) is 2. The zero-order valence-electron chi connectivity index (χ0n) is 16.3. The topological polar surface area (TPSA) is 40.5 Å². The van der Waals surface area contributed by atoms with Crippen LogP contribution in [0, 0.1) is 58.7 Å². The Kier molecular flexibility index (Phi) is 4.10. The fourth-order valence-corrected chi connectivity index (χ4v) is 8.31. The minimum absolute atomic E-state index is 0.0226. The number of aliphatic hydroxyl groups is 2. The molecule has 2 nitrogen and oxygen atoms in total. The molecule has 0 radical (unpaired) electrons. The van der Waals surface area contributed by atoms with Crippen molar-refractivity contribution in [1.29, 1.82) is 0 Å². The van der Waals surface area contributed by atoms with Crippen LogP contribution in [0.1, 0.15) is 78.6 Å². The molecule has 25 heavy (non-hydrogen) atoms. The molecule has 0 amide bonds. The van der Waals surface area contributed by atoms with Gasteiger partial charge in [0.1, 0.15) is 0 Å². The van der Waals surface area contributed by atoms with E-state index in [-0.39, 0.29) is 11.3 Å². The van der Waals surface area contributed by atoms with Gasteiger partial charge in [0.15, 0.2) is 5.79 Å². The summed E-state index contributed by atoms with van der Waals surface area (Å²) in [5.41, 5.74) is 0.109. The van der Waals surface area contributed by atoms with Gasteiger partial charge < -0.3 is 10.2 Å². The van der Waals surface area contributed by atoms with E-state index in [4.69, 9.17) is 6.42 Å². The lowest BCUT2D eigenvalue weighted by atomic mass is 9.42. The largest absolute Gasteiger partial charge is 0.365 e. The van der Waals surface area contributed by atoms with Crippen LogP contribution in [0.25, 0.3) is 0 Å². The monoisotopic (exact) mass is 344 g/mol. The maximum atomic E-state index is 11.1. The predicted octanol–water partition coefficient (Wildman–Crippen LogP) is 4.60. The molecule has 0 aromatic carbocycles. The standard InChI is InChI=1S/C23H36O2/c1-5-15-13-17-7-9-18-19-10-8-16(6-2)21(19,3)12-11-20(18)22(17,4)23(24,25)14-15/h1,15-20,24-25H,6-14H2,2-4H3/t15-,16+,17-,18+,19+,20+,21-,22+/m1/s1. The first kappa shape index (κ1) is 17.9. The molecule has 140 valence electrons. The fraction of sp³-hybridized carbons (Fsp3) is 0.913. The number of hydrogen-bond acceptors (Lipinski definition) is 2. The van der Waals surface area contributed by atoms with Crippen molar-refractivity contribution < 1.29 is 10.2 Å². The highest BCUT2D eigenvalue weighted by atomic mass is 16.5. The molecule has 0 bridgehead atoms. The van der Waals surface area contributed by atoms with Crippen LogP contribution in [0.15, 0.2) is 0 Å². The van der Waals surface area contributed by atoms with Crippen molar-refractivity contribution in [3.8, 4) is 12.3 Å². The molecular formula is C23H36O2. The van der Waals surface area contributed by atoms with Gasteiger partial charge in [0, 0.05) is 17.8 Å². The van der Waals surface area contributed by atoms with E-state index < -0.39 is 5.79 Å². The van der Waals surface area contributed by atoms with Gasteiger partial charge in [-0.2, -0.15) is 0 Å². The van der Waals surface area contributed by atoms with Crippen LogP contribution in [-0.2, 0) is 0 Å². The number of rotatable bonds is 1. The van der Waals surface area contributed by atoms with Gasteiger partial charge in [-0.1, -0.05) is 27.2 Å². The molecule has 0 saturated heterocycles. The average molecular weight is 345 g/mol.